The second-order valence-electron chi connectivity index (χ2n) is 1.65. The SMILES string of the molecule is Cc1ccccc1.[AlH2][Cl]. The fourth-order valence-corrected chi connectivity index (χ4v) is 0.534. The summed E-state index contributed by atoms with van der Waals surface area (Å²) in [6.07, 6.45) is 0. The highest BCUT2D eigenvalue weighted by molar-refractivity contribution is 6.80. The number of benzene rings is 1. The monoisotopic (exact) mass is 156 g/mol. The van der Waals surface area contributed by atoms with Crippen molar-refractivity contribution in [1.29, 1.82) is 0 Å². The molecular formula is C7H10AlCl. The lowest BCUT2D eigenvalue weighted by Crippen LogP contribution is -1.62. The van der Waals surface area contributed by atoms with Gasteiger partial charge in [0.05, 0.1) is 0 Å². The van der Waals surface area contributed by atoms with Gasteiger partial charge in [0.1, 0.15) is 0 Å². The molecule has 0 atom stereocenters. The van der Waals surface area contributed by atoms with Crippen molar-refractivity contribution in [1.82, 2.24) is 0 Å². The first-order valence-electron chi connectivity index (χ1n) is 2.79. The van der Waals surface area contributed by atoms with Crippen LogP contribution in [0.5, 0.6) is 0 Å². The Hall–Kier alpha value is 0.0425. The summed E-state index contributed by atoms with van der Waals surface area (Å²) < 4.78 is 0. The molecule has 0 saturated carbocycles. The second kappa shape index (κ2) is 6.17. The van der Waals surface area contributed by atoms with E-state index in [9.17, 15) is 0 Å². The third kappa shape index (κ3) is 4.54. The molecule has 0 bridgehead atoms. The molecule has 0 aliphatic carbocycles. The van der Waals surface area contributed by atoms with E-state index in [4.69, 9.17) is 10.0 Å². The Balaban J connectivity index is 0.000000291. The van der Waals surface area contributed by atoms with Gasteiger partial charge in [0.15, 0.2) is 0 Å². The van der Waals surface area contributed by atoms with Crippen LogP contribution in [-0.2, 0) is 0 Å². The summed E-state index contributed by atoms with van der Waals surface area (Å²) in [7, 11) is 4.78. The van der Waals surface area contributed by atoms with Crippen molar-refractivity contribution in [2.75, 3.05) is 0 Å². The zero-order valence-corrected chi connectivity index (χ0v) is 8.52. The Morgan fingerprint density at radius 3 is 1.78 bits per heavy atom. The molecule has 1 aromatic carbocycles. The topological polar surface area (TPSA) is 0 Å². The summed E-state index contributed by atoms with van der Waals surface area (Å²) in [5.41, 5.74) is 1.32. The molecule has 0 nitrogen and oxygen atoms in total. The number of rotatable bonds is 0. The van der Waals surface area contributed by atoms with Gasteiger partial charge in [-0.1, -0.05) is 35.9 Å². The van der Waals surface area contributed by atoms with E-state index in [0.29, 0.717) is 0 Å². The van der Waals surface area contributed by atoms with Crippen LogP contribution < -0.4 is 0 Å². The molecule has 0 radical (unpaired) electrons. The molecule has 0 unspecified atom stereocenters. The fraction of sp³-hybridized carbons (Fsp3) is 0.143. The normalized spacial score (nSPS) is 7.33. The third-order valence-electron chi connectivity index (χ3n) is 0.940. The van der Waals surface area contributed by atoms with Crippen molar-refractivity contribution >= 4 is 25.4 Å². The first kappa shape index (κ1) is 9.04. The molecule has 0 saturated heterocycles. The largest absolute Gasteiger partial charge is 0.353 e. The summed E-state index contributed by atoms with van der Waals surface area (Å²) in [5, 5.41) is 0. The highest BCUT2D eigenvalue weighted by atomic mass is 35.6. The predicted molar refractivity (Wildman–Crippen MR) is 45.6 cm³/mol. The van der Waals surface area contributed by atoms with E-state index < -0.39 is 0 Å². The van der Waals surface area contributed by atoms with Gasteiger partial charge in [-0.25, -0.2) is 0 Å². The van der Waals surface area contributed by atoms with Crippen LogP contribution in [0.1, 0.15) is 5.56 Å². The fourth-order valence-electron chi connectivity index (χ4n) is 0.534. The first-order valence-corrected chi connectivity index (χ1v) is 5.81. The van der Waals surface area contributed by atoms with E-state index in [1.165, 1.54) is 5.56 Å². The van der Waals surface area contributed by atoms with Crippen molar-refractivity contribution in [3.05, 3.63) is 35.9 Å². The van der Waals surface area contributed by atoms with E-state index in [2.05, 4.69) is 19.1 Å². The molecule has 0 amide bonds. The molecule has 0 aromatic heterocycles. The van der Waals surface area contributed by atoms with Gasteiger partial charge in [-0.3, -0.25) is 10.0 Å². The average molecular weight is 157 g/mol. The maximum absolute atomic E-state index is 4.78. The van der Waals surface area contributed by atoms with Crippen LogP contribution >= 0.6 is 10.0 Å². The first-order chi connectivity index (χ1) is 4.39. The average Bonchev–Trinajstić information content (AvgIpc) is 1.94. The van der Waals surface area contributed by atoms with Gasteiger partial charge in [-0.15, -0.1) is 0 Å². The van der Waals surface area contributed by atoms with Gasteiger partial charge in [-0.05, 0) is 6.92 Å². The van der Waals surface area contributed by atoms with Crippen LogP contribution in [0.25, 0.3) is 0 Å². The minimum Gasteiger partial charge on any atom is -0.273 e. The van der Waals surface area contributed by atoms with Crippen LogP contribution in [0.4, 0.5) is 0 Å². The zero-order chi connectivity index (χ0) is 7.11. The van der Waals surface area contributed by atoms with E-state index >= 15 is 0 Å². The van der Waals surface area contributed by atoms with Gasteiger partial charge < -0.3 is 0 Å². The molecule has 48 valence electrons. The van der Waals surface area contributed by atoms with Crippen molar-refractivity contribution in [2.45, 2.75) is 6.92 Å². The van der Waals surface area contributed by atoms with Crippen LogP contribution in [0, 0.1) is 6.92 Å². The molecule has 0 spiro atoms. The van der Waals surface area contributed by atoms with Gasteiger partial charge in [0, 0.05) is 0 Å². The van der Waals surface area contributed by atoms with Crippen LogP contribution in [0.3, 0.4) is 0 Å². The summed E-state index contributed by atoms with van der Waals surface area (Å²) >= 11 is 0.778. The number of halogens is 1. The second-order valence-corrected chi connectivity index (χ2v) is 1.65. The van der Waals surface area contributed by atoms with Crippen molar-refractivity contribution in [3.8, 4) is 0 Å². The highest BCUT2D eigenvalue weighted by Crippen LogP contribution is 1.92. The van der Waals surface area contributed by atoms with Crippen LogP contribution in [0.15, 0.2) is 30.3 Å². The summed E-state index contributed by atoms with van der Waals surface area (Å²) in [5.74, 6) is 0. The van der Waals surface area contributed by atoms with Crippen molar-refractivity contribution in [2.24, 2.45) is 0 Å². The Kier molecular flexibility index (Phi) is 6.20. The lowest BCUT2D eigenvalue weighted by atomic mass is 10.2. The van der Waals surface area contributed by atoms with Gasteiger partial charge in [0.25, 0.3) is 0 Å². The van der Waals surface area contributed by atoms with Crippen LogP contribution in [-0.4, -0.2) is 15.4 Å². The molecule has 9 heavy (non-hydrogen) atoms. The van der Waals surface area contributed by atoms with Crippen molar-refractivity contribution < 1.29 is 0 Å². The molecule has 1 rings (SSSR count). The third-order valence-corrected chi connectivity index (χ3v) is 0.940. The van der Waals surface area contributed by atoms with Crippen molar-refractivity contribution in [3.63, 3.8) is 0 Å². The minimum atomic E-state index is 0.778. The maximum Gasteiger partial charge on any atom is 0.353 e. The Labute approximate surface area is 68.5 Å². The maximum atomic E-state index is 4.78. The molecule has 0 heterocycles. The Morgan fingerprint density at radius 1 is 1.11 bits per heavy atom. The Morgan fingerprint density at radius 2 is 1.56 bits per heavy atom. The molecule has 0 aliphatic rings. The van der Waals surface area contributed by atoms with Gasteiger partial charge in [-0.2, -0.15) is 0 Å². The quantitative estimate of drug-likeness (QED) is 0.503. The van der Waals surface area contributed by atoms with E-state index in [0.717, 1.165) is 15.4 Å². The lowest BCUT2D eigenvalue weighted by molar-refractivity contribution is 1.48. The molecule has 0 fully saturated rings. The lowest BCUT2D eigenvalue weighted by Gasteiger charge is -1.82. The molecule has 1 aromatic rings. The minimum absolute atomic E-state index is 0.778. The van der Waals surface area contributed by atoms with E-state index in [1.807, 2.05) is 18.2 Å². The molecule has 0 N–H and O–H groups in total. The zero-order valence-electron chi connectivity index (χ0n) is 5.76. The summed E-state index contributed by atoms with van der Waals surface area (Å²) in [4.78, 5) is 0. The molecule has 2 heteroatoms. The summed E-state index contributed by atoms with van der Waals surface area (Å²) in [6.45, 7) is 2.08. The number of hydrogen-bond acceptors (Lipinski definition) is 0. The van der Waals surface area contributed by atoms with Gasteiger partial charge >= 0.3 is 15.4 Å². The smallest absolute Gasteiger partial charge is 0.273 e. The number of aryl methyl sites for hydroxylation is 1. The molecule has 0 aliphatic heterocycles. The highest BCUT2D eigenvalue weighted by Gasteiger charge is 1.72. The summed E-state index contributed by atoms with van der Waals surface area (Å²) in [6, 6.07) is 10.3. The van der Waals surface area contributed by atoms with Gasteiger partial charge in [0.2, 0.25) is 0 Å². The van der Waals surface area contributed by atoms with Crippen LogP contribution in [0.2, 0.25) is 0 Å². The number of hydrogen-bond donors (Lipinski definition) is 0. The molecular weight excluding hydrogens is 147 g/mol. The van der Waals surface area contributed by atoms with E-state index in [-0.39, 0.29) is 0 Å². The Bertz CT molecular complexity index is 139. The predicted octanol–water partition coefficient (Wildman–Crippen LogP) is 1.77. The standard InChI is InChI=1S/C7H8.Al.ClH.2H/c1-7-5-3-2-4-6-7;;;;/h2-6H,1H3;;1H;;/q;+1;;;/p-1. The van der Waals surface area contributed by atoms with E-state index in [1.54, 1.807) is 0 Å².